The Morgan fingerprint density at radius 2 is 1.38 bits per heavy atom. The molecule has 0 bridgehead atoms. The van der Waals surface area contributed by atoms with Crippen molar-refractivity contribution >= 4 is 5.97 Å². The normalized spacial score (nSPS) is 10.8. The predicted octanol–water partition coefficient (Wildman–Crippen LogP) is 4.87. The molecule has 0 radical (unpaired) electrons. The van der Waals surface area contributed by atoms with Gasteiger partial charge in [-0.3, -0.25) is 4.79 Å². The van der Waals surface area contributed by atoms with Crippen molar-refractivity contribution in [1.82, 2.24) is 0 Å². The van der Waals surface area contributed by atoms with Crippen LogP contribution in [-0.4, -0.2) is 18.9 Å². The van der Waals surface area contributed by atoms with Crippen molar-refractivity contribution in [2.75, 3.05) is 6.61 Å². The summed E-state index contributed by atoms with van der Waals surface area (Å²) >= 11 is 0. The standard InChI is InChI=1S/C22H28O4/c1-2-3-6-15-21(23)24-18-22(25-16-19-11-7-4-8-12-19)26-17-20-13-9-5-10-14-20/h4-5,7-14,22H,2-3,6,15-18H2,1H3. The number of carbonyl (C=O) groups excluding carboxylic acids is 1. The Hall–Kier alpha value is -2.17. The zero-order valence-corrected chi connectivity index (χ0v) is 15.4. The molecular formula is C22H28O4. The van der Waals surface area contributed by atoms with Crippen molar-refractivity contribution in [3.63, 3.8) is 0 Å². The van der Waals surface area contributed by atoms with E-state index in [-0.39, 0.29) is 12.6 Å². The first-order chi connectivity index (χ1) is 12.8. The van der Waals surface area contributed by atoms with Crippen molar-refractivity contribution in [3.05, 3.63) is 71.8 Å². The van der Waals surface area contributed by atoms with Crippen LogP contribution in [0.2, 0.25) is 0 Å². The molecule has 0 atom stereocenters. The Morgan fingerprint density at radius 3 is 1.88 bits per heavy atom. The van der Waals surface area contributed by atoms with Crippen LogP contribution in [0.25, 0.3) is 0 Å². The fourth-order valence-corrected chi connectivity index (χ4v) is 2.42. The molecule has 0 aliphatic rings. The molecule has 0 saturated carbocycles. The second-order valence-electron chi connectivity index (χ2n) is 6.16. The molecule has 0 unspecified atom stereocenters. The Morgan fingerprint density at radius 1 is 0.846 bits per heavy atom. The van der Waals surface area contributed by atoms with Crippen LogP contribution in [0.15, 0.2) is 60.7 Å². The van der Waals surface area contributed by atoms with Gasteiger partial charge in [0.2, 0.25) is 0 Å². The first-order valence-electron chi connectivity index (χ1n) is 9.24. The van der Waals surface area contributed by atoms with Crippen LogP contribution in [0, 0.1) is 0 Å². The van der Waals surface area contributed by atoms with Crippen molar-refractivity contribution in [2.24, 2.45) is 0 Å². The number of carbonyl (C=O) groups is 1. The molecule has 0 heterocycles. The van der Waals surface area contributed by atoms with Gasteiger partial charge in [0.15, 0.2) is 6.29 Å². The van der Waals surface area contributed by atoms with Crippen molar-refractivity contribution in [1.29, 1.82) is 0 Å². The third-order valence-electron chi connectivity index (χ3n) is 3.92. The van der Waals surface area contributed by atoms with Gasteiger partial charge in [0.25, 0.3) is 0 Å². The summed E-state index contributed by atoms with van der Waals surface area (Å²) in [6, 6.07) is 19.7. The molecule has 0 N–H and O–H groups in total. The highest BCUT2D eigenvalue weighted by Gasteiger charge is 2.14. The highest BCUT2D eigenvalue weighted by molar-refractivity contribution is 5.69. The van der Waals surface area contributed by atoms with Crippen LogP contribution in [0.4, 0.5) is 0 Å². The Labute approximate surface area is 156 Å². The van der Waals surface area contributed by atoms with E-state index in [4.69, 9.17) is 14.2 Å². The molecule has 0 saturated heterocycles. The minimum atomic E-state index is -0.592. The largest absolute Gasteiger partial charge is 0.460 e. The van der Waals surface area contributed by atoms with Gasteiger partial charge in [0, 0.05) is 6.42 Å². The SMILES string of the molecule is CCCCCC(=O)OCC(OCc1ccccc1)OCc1ccccc1. The Bertz CT molecular complexity index is 569. The predicted molar refractivity (Wildman–Crippen MR) is 101 cm³/mol. The molecule has 0 aliphatic carbocycles. The van der Waals surface area contributed by atoms with Gasteiger partial charge in [-0.05, 0) is 17.5 Å². The molecule has 2 aromatic carbocycles. The third kappa shape index (κ3) is 8.28. The molecule has 0 amide bonds. The number of hydrogen-bond acceptors (Lipinski definition) is 4. The van der Waals surface area contributed by atoms with E-state index in [1.807, 2.05) is 60.7 Å². The minimum absolute atomic E-state index is 0.102. The lowest BCUT2D eigenvalue weighted by Crippen LogP contribution is -2.25. The van der Waals surface area contributed by atoms with E-state index in [9.17, 15) is 4.79 Å². The van der Waals surface area contributed by atoms with E-state index in [1.54, 1.807) is 0 Å². The van der Waals surface area contributed by atoms with Crippen LogP contribution in [0.3, 0.4) is 0 Å². The van der Waals surface area contributed by atoms with Crippen molar-refractivity contribution < 1.29 is 19.0 Å². The van der Waals surface area contributed by atoms with E-state index in [2.05, 4.69) is 6.92 Å². The van der Waals surface area contributed by atoms with E-state index >= 15 is 0 Å². The van der Waals surface area contributed by atoms with E-state index in [0.29, 0.717) is 19.6 Å². The lowest BCUT2D eigenvalue weighted by molar-refractivity contribution is -0.191. The quantitative estimate of drug-likeness (QED) is 0.309. The maximum absolute atomic E-state index is 11.8. The number of unbranched alkanes of at least 4 members (excludes halogenated alkanes) is 2. The molecular weight excluding hydrogens is 328 g/mol. The van der Waals surface area contributed by atoms with Crippen LogP contribution in [0.1, 0.15) is 43.7 Å². The molecule has 0 spiro atoms. The summed E-state index contributed by atoms with van der Waals surface area (Å²) in [4.78, 5) is 11.8. The maximum Gasteiger partial charge on any atom is 0.305 e. The number of rotatable bonds is 12. The van der Waals surface area contributed by atoms with Gasteiger partial charge in [-0.15, -0.1) is 0 Å². The highest BCUT2D eigenvalue weighted by atomic mass is 16.7. The molecule has 4 heteroatoms. The minimum Gasteiger partial charge on any atom is -0.460 e. The number of benzene rings is 2. The van der Waals surface area contributed by atoms with Crippen LogP contribution < -0.4 is 0 Å². The van der Waals surface area contributed by atoms with Gasteiger partial charge >= 0.3 is 5.97 Å². The topological polar surface area (TPSA) is 44.8 Å². The number of esters is 1. The summed E-state index contributed by atoms with van der Waals surface area (Å²) in [5.41, 5.74) is 2.10. The summed E-state index contributed by atoms with van der Waals surface area (Å²) in [5.74, 6) is -0.199. The first kappa shape index (κ1) is 20.1. The second kappa shape index (κ2) is 12.2. The van der Waals surface area contributed by atoms with Crippen LogP contribution >= 0.6 is 0 Å². The summed E-state index contributed by atoms with van der Waals surface area (Å²) in [6.45, 7) is 3.03. The summed E-state index contributed by atoms with van der Waals surface area (Å²) in [5, 5.41) is 0. The highest BCUT2D eigenvalue weighted by Crippen LogP contribution is 2.10. The maximum atomic E-state index is 11.8. The smallest absolute Gasteiger partial charge is 0.305 e. The zero-order chi connectivity index (χ0) is 18.5. The molecule has 2 rings (SSSR count). The molecule has 0 fully saturated rings. The van der Waals surface area contributed by atoms with Gasteiger partial charge < -0.3 is 14.2 Å². The summed E-state index contributed by atoms with van der Waals surface area (Å²) in [6.07, 6.45) is 2.82. The van der Waals surface area contributed by atoms with Gasteiger partial charge in [0.1, 0.15) is 6.61 Å². The first-order valence-corrected chi connectivity index (χ1v) is 9.24. The van der Waals surface area contributed by atoms with Crippen molar-refractivity contribution in [3.8, 4) is 0 Å². The zero-order valence-electron chi connectivity index (χ0n) is 15.4. The van der Waals surface area contributed by atoms with Gasteiger partial charge in [0.05, 0.1) is 13.2 Å². The monoisotopic (exact) mass is 356 g/mol. The van der Waals surface area contributed by atoms with Gasteiger partial charge in [-0.25, -0.2) is 0 Å². The molecule has 26 heavy (non-hydrogen) atoms. The lowest BCUT2D eigenvalue weighted by atomic mass is 10.2. The van der Waals surface area contributed by atoms with E-state index in [0.717, 1.165) is 30.4 Å². The van der Waals surface area contributed by atoms with E-state index < -0.39 is 6.29 Å². The van der Waals surface area contributed by atoms with E-state index in [1.165, 1.54) is 0 Å². The van der Waals surface area contributed by atoms with Crippen LogP contribution in [-0.2, 0) is 32.2 Å². The summed E-state index contributed by atoms with van der Waals surface area (Å²) in [7, 11) is 0. The summed E-state index contributed by atoms with van der Waals surface area (Å²) < 4.78 is 17.0. The number of ether oxygens (including phenoxy) is 3. The van der Waals surface area contributed by atoms with Crippen molar-refractivity contribution in [2.45, 2.75) is 52.1 Å². The van der Waals surface area contributed by atoms with Crippen LogP contribution in [0.5, 0.6) is 0 Å². The molecule has 140 valence electrons. The molecule has 2 aromatic rings. The average molecular weight is 356 g/mol. The molecule has 0 aliphatic heterocycles. The Balaban J connectivity index is 1.82. The Kier molecular flexibility index (Phi) is 9.47. The third-order valence-corrected chi connectivity index (χ3v) is 3.92. The average Bonchev–Trinajstić information content (AvgIpc) is 2.69. The van der Waals surface area contributed by atoms with Gasteiger partial charge in [-0.1, -0.05) is 80.4 Å². The fourth-order valence-electron chi connectivity index (χ4n) is 2.42. The molecule has 4 nitrogen and oxygen atoms in total. The molecule has 0 aromatic heterocycles. The second-order valence-corrected chi connectivity index (χ2v) is 6.16. The lowest BCUT2D eigenvalue weighted by Gasteiger charge is -2.19. The van der Waals surface area contributed by atoms with Gasteiger partial charge in [-0.2, -0.15) is 0 Å². The number of hydrogen-bond donors (Lipinski definition) is 0. The fraction of sp³-hybridized carbons (Fsp3) is 0.409.